The summed E-state index contributed by atoms with van der Waals surface area (Å²) < 4.78 is 5.90. The molecule has 128 valence electrons. The Hall–Kier alpha value is -2.60. The van der Waals surface area contributed by atoms with Crippen molar-refractivity contribution in [2.45, 2.75) is 19.8 Å². The molecule has 25 heavy (non-hydrogen) atoms. The molecule has 1 aliphatic rings. The van der Waals surface area contributed by atoms with E-state index in [1.54, 1.807) is 0 Å². The summed E-state index contributed by atoms with van der Waals surface area (Å²) in [6, 6.07) is 13.4. The Labute approximate surface area is 150 Å². The number of hydrogen-bond donors (Lipinski definition) is 1. The van der Waals surface area contributed by atoms with Crippen molar-refractivity contribution in [1.82, 2.24) is 10.3 Å². The summed E-state index contributed by atoms with van der Waals surface area (Å²) in [6.07, 6.45) is 3.44. The van der Waals surface area contributed by atoms with Crippen molar-refractivity contribution >= 4 is 28.7 Å². The highest BCUT2D eigenvalue weighted by Gasteiger charge is 2.30. The molecule has 3 rings (SSSR count). The molecule has 1 saturated heterocycles. The largest absolute Gasteiger partial charge is 0.491 e. The van der Waals surface area contributed by atoms with Crippen LogP contribution in [-0.4, -0.2) is 22.7 Å². The highest BCUT2D eigenvalue weighted by molar-refractivity contribution is 8.18. The number of carbonyl (C=O) groups excluding carboxylic acids is 2. The Kier molecular flexibility index (Phi) is 5.50. The highest BCUT2D eigenvalue weighted by atomic mass is 32.2. The van der Waals surface area contributed by atoms with Gasteiger partial charge in [-0.2, -0.15) is 0 Å². The molecular weight excluding hydrogens is 336 g/mol. The summed E-state index contributed by atoms with van der Waals surface area (Å²) in [4.78, 5) is 28.2. The van der Waals surface area contributed by atoms with E-state index in [0.29, 0.717) is 23.7 Å². The van der Waals surface area contributed by atoms with E-state index in [9.17, 15) is 9.59 Å². The first-order valence-corrected chi connectivity index (χ1v) is 8.88. The predicted octanol–water partition coefficient (Wildman–Crippen LogP) is 3.55. The highest BCUT2D eigenvalue weighted by Crippen LogP contribution is 2.32. The van der Waals surface area contributed by atoms with Crippen molar-refractivity contribution in [2.75, 3.05) is 6.61 Å². The monoisotopic (exact) mass is 354 g/mol. The van der Waals surface area contributed by atoms with Gasteiger partial charge in [-0.15, -0.1) is 0 Å². The van der Waals surface area contributed by atoms with Crippen molar-refractivity contribution in [1.29, 1.82) is 0 Å². The van der Waals surface area contributed by atoms with Gasteiger partial charge in [0, 0.05) is 23.9 Å². The van der Waals surface area contributed by atoms with E-state index in [-0.39, 0.29) is 5.24 Å². The molecule has 0 bridgehead atoms. The van der Waals surface area contributed by atoms with E-state index in [1.165, 1.54) is 5.56 Å². The second kappa shape index (κ2) is 7.98. The van der Waals surface area contributed by atoms with Crippen LogP contribution in [0.2, 0.25) is 0 Å². The number of rotatable bonds is 6. The maximum absolute atomic E-state index is 12.0. The fourth-order valence-corrected chi connectivity index (χ4v) is 3.15. The van der Waals surface area contributed by atoms with Gasteiger partial charge in [-0.25, -0.2) is 0 Å². The number of carbonyl (C=O) groups is 2. The molecule has 1 aromatic heterocycles. The third-order valence-electron chi connectivity index (χ3n) is 3.76. The van der Waals surface area contributed by atoms with Gasteiger partial charge in [0.25, 0.3) is 11.1 Å². The quantitative estimate of drug-likeness (QED) is 0.635. The Morgan fingerprint density at radius 3 is 2.56 bits per heavy atom. The molecule has 1 aliphatic heterocycles. The lowest BCUT2D eigenvalue weighted by molar-refractivity contribution is -0.115. The van der Waals surface area contributed by atoms with Gasteiger partial charge in [-0.3, -0.25) is 19.9 Å². The van der Waals surface area contributed by atoms with Gasteiger partial charge in [-0.1, -0.05) is 43.3 Å². The molecule has 0 atom stereocenters. The van der Waals surface area contributed by atoms with Crippen LogP contribution in [0.4, 0.5) is 4.79 Å². The number of imide groups is 1. The van der Waals surface area contributed by atoms with Crippen LogP contribution in [0.5, 0.6) is 0 Å². The average molecular weight is 354 g/mol. The van der Waals surface area contributed by atoms with Crippen LogP contribution in [0.1, 0.15) is 23.7 Å². The molecule has 2 heterocycles. The summed E-state index contributed by atoms with van der Waals surface area (Å²) in [6.45, 7) is 2.46. The molecule has 6 heteroatoms. The van der Waals surface area contributed by atoms with Gasteiger partial charge in [0.1, 0.15) is 10.7 Å². The number of amides is 2. The first-order chi connectivity index (χ1) is 12.2. The molecule has 1 fully saturated rings. The predicted molar refractivity (Wildman–Crippen MR) is 97.8 cm³/mol. The minimum absolute atomic E-state index is 0.297. The van der Waals surface area contributed by atoms with E-state index in [2.05, 4.69) is 23.3 Å². The number of benzene rings is 1. The SMILES string of the molecule is CCc1ccc(CCOC(=C2SC(=O)NC2=O)c2ccccc2)nc1. The number of hydrogen-bond acceptors (Lipinski definition) is 5. The van der Waals surface area contributed by atoms with Crippen LogP contribution >= 0.6 is 11.8 Å². The molecule has 0 radical (unpaired) electrons. The number of pyridine rings is 1. The summed E-state index contributed by atoms with van der Waals surface area (Å²) in [5.41, 5.74) is 2.88. The standard InChI is InChI=1S/C19H18N2O3S/c1-2-13-8-9-15(20-12-13)10-11-24-16(14-6-4-3-5-7-14)17-18(22)21-19(23)25-17/h3-9,12H,2,10-11H2,1H3,(H,21,22,23). The van der Waals surface area contributed by atoms with Gasteiger partial charge < -0.3 is 4.74 Å². The maximum Gasteiger partial charge on any atom is 0.291 e. The van der Waals surface area contributed by atoms with Crippen LogP contribution in [0.15, 0.2) is 53.6 Å². The van der Waals surface area contributed by atoms with Crippen LogP contribution in [0.25, 0.3) is 5.76 Å². The first-order valence-electron chi connectivity index (χ1n) is 8.07. The first kappa shape index (κ1) is 17.2. The number of aromatic nitrogens is 1. The molecular formula is C19H18N2O3S. The Balaban J connectivity index is 1.75. The van der Waals surface area contributed by atoms with E-state index >= 15 is 0 Å². The third-order valence-corrected chi connectivity index (χ3v) is 4.62. The molecule has 0 aliphatic carbocycles. The van der Waals surface area contributed by atoms with Gasteiger partial charge in [0.05, 0.1) is 6.61 Å². The molecule has 5 nitrogen and oxygen atoms in total. The fraction of sp³-hybridized carbons (Fsp3) is 0.211. The summed E-state index contributed by atoms with van der Waals surface area (Å²) in [7, 11) is 0. The molecule has 0 unspecified atom stereocenters. The number of aryl methyl sites for hydroxylation is 1. The minimum atomic E-state index is -0.417. The zero-order chi connectivity index (χ0) is 17.6. The average Bonchev–Trinajstić information content (AvgIpc) is 2.98. The van der Waals surface area contributed by atoms with Crippen LogP contribution in [0.3, 0.4) is 0 Å². The fourth-order valence-electron chi connectivity index (χ4n) is 2.40. The molecule has 1 N–H and O–H groups in total. The Morgan fingerprint density at radius 2 is 1.96 bits per heavy atom. The summed E-state index contributed by atoms with van der Waals surface area (Å²) in [5, 5.41) is 1.89. The third kappa shape index (κ3) is 4.28. The van der Waals surface area contributed by atoms with Crippen LogP contribution < -0.4 is 5.32 Å². The lowest BCUT2D eigenvalue weighted by atomic mass is 10.1. The summed E-state index contributed by atoms with van der Waals surface area (Å²) in [5.74, 6) is 0.0124. The molecule has 1 aromatic carbocycles. The van der Waals surface area contributed by atoms with E-state index in [0.717, 1.165) is 29.4 Å². The van der Waals surface area contributed by atoms with Gasteiger partial charge in [-0.05, 0) is 29.8 Å². The maximum atomic E-state index is 12.0. The van der Waals surface area contributed by atoms with Crippen molar-refractivity contribution in [3.63, 3.8) is 0 Å². The number of nitrogens with one attached hydrogen (secondary N) is 1. The second-order valence-corrected chi connectivity index (χ2v) is 6.46. The normalized spacial score (nSPS) is 15.9. The molecule has 2 aromatic rings. The van der Waals surface area contributed by atoms with Gasteiger partial charge >= 0.3 is 0 Å². The molecule has 0 spiro atoms. The number of nitrogens with zero attached hydrogens (tertiary/aromatic N) is 1. The van der Waals surface area contributed by atoms with Gasteiger partial charge in [0.2, 0.25) is 0 Å². The van der Waals surface area contributed by atoms with E-state index in [4.69, 9.17) is 4.74 Å². The zero-order valence-corrected chi connectivity index (χ0v) is 14.6. The number of thioether (sulfide) groups is 1. The van der Waals surface area contributed by atoms with Gasteiger partial charge in [0.15, 0.2) is 0 Å². The Bertz CT molecular complexity index is 801. The number of ether oxygens (including phenoxy) is 1. The van der Waals surface area contributed by atoms with Crippen molar-refractivity contribution < 1.29 is 14.3 Å². The van der Waals surface area contributed by atoms with Crippen LogP contribution in [0, 0.1) is 0 Å². The van der Waals surface area contributed by atoms with Crippen molar-refractivity contribution in [2.24, 2.45) is 0 Å². The summed E-state index contributed by atoms with van der Waals surface area (Å²) >= 11 is 0.867. The Morgan fingerprint density at radius 1 is 1.16 bits per heavy atom. The van der Waals surface area contributed by atoms with Crippen LogP contribution in [-0.2, 0) is 22.4 Å². The van der Waals surface area contributed by atoms with E-state index in [1.807, 2.05) is 42.6 Å². The lowest BCUT2D eigenvalue weighted by Gasteiger charge is -2.12. The molecule has 2 amide bonds. The zero-order valence-electron chi connectivity index (χ0n) is 13.8. The van der Waals surface area contributed by atoms with E-state index < -0.39 is 5.91 Å². The second-order valence-electron chi connectivity index (χ2n) is 5.48. The minimum Gasteiger partial charge on any atom is -0.491 e. The smallest absolute Gasteiger partial charge is 0.291 e. The topological polar surface area (TPSA) is 68.3 Å². The van der Waals surface area contributed by atoms with Crippen molar-refractivity contribution in [3.8, 4) is 0 Å². The molecule has 0 saturated carbocycles. The lowest BCUT2D eigenvalue weighted by Crippen LogP contribution is -2.18. The van der Waals surface area contributed by atoms with Crippen molar-refractivity contribution in [3.05, 3.63) is 70.4 Å².